The van der Waals surface area contributed by atoms with Crippen molar-refractivity contribution in [2.24, 2.45) is 4.99 Å². The van der Waals surface area contributed by atoms with E-state index in [9.17, 15) is 4.79 Å². The van der Waals surface area contributed by atoms with Gasteiger partial charge in [0.15, 0.2) is 5.17 Å². The third-order valence-corrected chi connectivity index (χ3v) is 7.18. The second-order valence-corrected chi connectivity index (χ2v) is 9.58. The van der Waals surface area contributed by atoms with Gasteiger partial charge in [-0.25, -0.2) is 0 Å². The number of nitrogens with zero attached hydrogens (tertiary/aromatic N) is 3. The second kappa shape index (κ2) is 9.95. The van der Waals surface area contributed by atoms with E-state index >= 15 is 0 Å². The maximum atomic E-state index is 13.0. The molecule has 0 spiro atoms. The summed E-state index contributed by atoms with van der Waals surface area (Å²) in [5, 5.41) is 12.4. The highest BCUT2D eigenvalue weighted by molar-refractivity contribution is 8.17. The Morgan fingerprint density at radius 1 is 0.946 bits per heavy atom. The van der Waals surface area contributed by atoms with E-state index in [0.717, 1.165) is 46.4 Å². The number of aryl methyl sites for hydroxylation is 1. The van der Waals surface area contributed by atoms with E-state index in [-0.39, 0.29) is 17.3 Å². The van der Waals surface area contributed by atoms with Crippen molar-refractivity contribution in [3.8, 4) is 5.75 Å². The normalized spacial score (nSPS) is 16.2. The minimum Gasteiger partial charge on any atom is -0.494 e. The predicted molar refractivity (Wildman–Crippen MR) is 150 cm³/mol. The molecule has 0 atom stereocenters. The van der Waals surface area contributed by atoms with Crippen LogP contribution in [0.4, 0.5) is 0 Å². The first-order valence-corrected chi connectivity index (χ1v) is 13.0. The molecule has 1 aromatic heterocycles. The maximum absolute atomic E-state index is 13.0. The topological polar surface area (TPSA) is 70.7 Å². The van der Waals surface area contributed by atoms with E-state index in [4.69, 9.17) is 10.1 Å². The molecule has 6 nitrogen and oxygen atoms in total. The van der Waals surface area contributed by atoms with Gasteiger partial charge >= 0.3 is 0 Å². The zero-order chi connectivity index (χ0) is 25.2. The standard InChI is InChI=1S/C30H24N4O2S/c31-28-25(29(35)32-30-34(28)27(20-37-30)21-10-3-1-4-11-21)18-22-19-33(26-15-8-7-14-24(22)26)16-9-17-36-23-12-5-2-6-13-23/h1-8,10-15,18-20,31H,9,16-17H2/b25-18+,31-28?. The average Bonchev–Trinajstić information content (AvgIpc) is 3.52. The van der Waals surface area contributed by atoms with Gasteiger partial charge in [0, 0.05) is 34.6 Å². The molecule has 1 amide bonds. The molecule has 7 heteroatoms. The Labute approximate surface area is 219 Å². The van der Waals surface area contributed by atoms with Crippen molar-refractivity contribution < 1.29 is 9.53 Å². The molecule has 0 aliphatic carbocycles. The molecule has 1 N–H and O–H groups in total. The number of carbonyl (C=O) groups excluding carboxylic acids is 1. The summed E-state index contributed by atoms with van der Waals surface area (Å²) >= 11 is 1.37. The molecule has 182 valence electrons. The SMILES string of the molecule is N=C1/C(=C\c2cn(CCCOc3ccccc3)c3ccccc23)C(=O)N=C2SC=C(c3ccccc3)N12. The number of amidine groups is 2. The summed E-state index contributed by atoms with van der Waals surface area (Å²) in [5.41, 5.74) is 4.09. The Bertz CT molecular complexity index is 1590. The number of benzene rings is 3. The molecule has 0 saturated carbocycles. The molecule has 0 saturated heterocycles. The fraction of sp³-hybridized carbons (Fsp3) is 0.100. The molecule has 0 unspecified atom stereocenters. The van der Waals surface area contributed by atoms with Crippen LogP contribution in [0, 0.1) is 5.41 Å². The summed E-state index contributed by atoms with van der Waals surface area (Å²) in [6.45, 7) is 1.38. The van der Waals surface area contributed by atoms with Gasteiger partial charge in [-0.15, -0.1) is 0 Å². The van der Waals surface area contributed by atoms with Gasteiger partial charge in [0.1, 0.15) is 11.6 Å². The van der Waals surface area contributed by atoms with Crippen LogP contribution in [0.3, 0.4) is 0 Å². The van der Waals surface area contributed by atoms with Crippen molar-refractivity contribution in [1.82, 2.24) is 9.47 Å². The first-order valence-electron chi connectivity index (χ1n) is 12.1. The summed E-state index contributed by atoms with van der Waals surface area (Å²) < 4.78 is 8.04. The lowest BCUT2D eigenvalue weighted by atomic mass is 10.1. The minimum absolute atomic E-state index is 0.142. The molecule has 4 aromatic rings. The van der Waals surface area contributed by atoms with Gasteiger partial charge in [-0.05, 0) is 36.3 Å². The fourth-order valence-corrected chi connectivity index (χ4v) is 5.48. The van der Waals surface area contributed by atoms with E-state index in [0.29, 0.717) is 11.8 Å². The zero-order valence-electron chi connectivity index (χ0n) is 20.0. The predicted octanol–water partition coefficient (Wildman–Crippen LogP) is 6.41. The summed E-state index contributed by atoms with van der Waals surface area (Å²) in [6, 6.07) is 27.8. The van der Waals surface area contributed by atoms with Gasteiger partial charge in [-0.1, -0.05) is 78.5 Å². The Balaban J connectivity index is 1.27. The summed E-state index contributed by atoms with van der Waals surface area (Å²) in [4.78, 5) is 19.1. The maximum Gasteiger partial charge on any atom is 0.283 e. The minimum atomic E-state index is -0.389. The van der Waals surface area contributed by atoms with Crippen LogP contribution < -0.4 is 4.74 Å². The molecule has 0 fully saturated rings. The summed E-state index contributed by atoms with van der Waals surface area (Å²) in [5.74, 6) is 0.617. The number of aromatic nitrogens is 1. The number of nitrogens with one attached hydrogen (secondary N) is 1. The van der Waals surface area contributed by atoms with Crippen molar-refractivity contribution in [1.29, 1.82) is 5.41 Å². The number of aliphatic imine (C=N–C) groups is 1. The number of ether oxygens (including phenoxy) is 1. The quantitative estimate of drug-likeness (QED) is 0.233. The van der Waals surface area contributed by atoms with E-state index in [1.165, 1.54) is 11.8 Å². The lowest BCUT2D eigenvalue weighted by Crippen LogP contribution is -2.37. The van der Waals surface area contributed by atoms with Gasteiger partial charge in [0.05, 0.1) is 17.9 Å². The number of para-hydroxylation sites is 2. The lowest BCUT2D eigenvalue weighted by Gasteiger charge is -2.26. The number of rotatable bonds is 7. The van der Waals surface area contributed by atoms with E-state index in [2.05, 4.69) is 15.6 Å². The molecule has 3 heterocycles. The van der Waals surface area contributed by atoms with Crippen LogP contribution in [0.15, 0.2) is 107 Å². The van der Waals surface area contributed by atoms with Crippen molar-refractivity contribution >= 4 is 51.3 Å². The third-order valence-electron chi connectivity index (χ3n) is 6.36. The van der Waals surface area contributed by atoms with Gasteiger partial charge in [-0.3, -0.25) is 15.1 Å². The molecule has 0 radical (unpaired) electrons. The number of carbonyl (C=O) groups is 1. The largest absolute Gasteiger partial charge is 0.494 e. The Hall–Kier alpha value is -4.36. The van der Waals surface area contributed by atoms with Gasteiger partial charge in [-0.2, -0.15) is 4.99 Å². The van der Waals surface area contributed by atoms with E-state index in [1.807, 2.05) is 90.5 Å². The lowest BCUT2D eigenvalue weighted by molar-refractivity contribution is -0.114. The fourth-order valence-electron chi connectivity index (χ4n) is 4.59. The monoisotopic (exact) mass is 504 g/mol. The van der Waals surface area contributed by atoms with Crippen molar-refractivity contribution in [2.45, 2.75) is 13.0 Å². The Morgan fingerprint density at radius 2 is 1.68 bits per heavy atom. The highest BCUT2D eigenvalue weighted by atomic mass is 32.2. The third kappa shape index (κ3) is 4.49. The molecule has 2 aliphatic rings. The van der Waals surface area contributed by atoms with E-state index < -0.39 is 0 Å². The zero-order valence-corrected chi connectivity index (χ0v) is 20.8. The van der Waals surface area contributed by atoms with Crippen molar-refractivity contribution in [3.63, 3.8) is 0 Å². The first-order chi connectivity index (χ1) is 18.2. The second-order valence-electron chi connectivity index (χ2n) is 8.74. The number of fused-ring (bicyclic) bond motifs is 2. The first kappa shape index (κ1) is 23.1. The van der Waals surface area contributed by atoms with Gasteiger partial charge in [0.25, 0.3) is 5.91 Å². The molecular formula is C30H24N4O2S. The summed E-state index contributed by atoms with van der Waals surface area (Å²) in [6.07, 6.45) is 4.69. The van der Waals surface area contributed by atoms with Gasteiger partial charge in [0.2, 0.25) is 0 Å². The van der Waals surface area contributed by atoms with Crippen molar-refractivity contribution in [3.05, 3.63) is 113 Å². The summed E-state index contributed by atoms with van der Waals surface area (Å²) in [7, 11) is 0. The Morgan fingerprint density at radius 3 is 2.49 bits per heavy atom. The number of hydrogen-bond donors (Lipinski definition) is 1. The molecule has 6 rings (SSSR count). The van der Waals surface area contributed by atoms with Crippen LogP contribution in [0.1, 0.15) is 17.5 Å². The molecule has 0 bridgehead atoms. The number of hydrogen-bond acceptors (Lipinski definition) is 4. The van der Waals surface area contributed by atoms with Crippen LogP contribution in [-0.2, 0) is 11.3 Å². The van der Waals surface area contributed by atoms with Crippen LogP contribution in [0.2, 0.25) is 0 Å². The van der Waals surface area contributed by atoms with Crippen molar-refractivity contribution in [2.75, 3.05) is 6.61 Å². The molecule has 37 heavy (non-hydrogen) atoms. The Kier molecular flexibility index (Phi) is 6.20. The van der Waals surface area contributed by atoms with Crippen LogP contribution in [0.5, 0.6) is 5.75 Å². The van der Waals surface area contributed by atoms with E-state index in [1.54, 1.807) is 11.0 Å². The molecule has 2 aliphatic heterocycles. The highest BCUT2D eigenvalue weighted by Gasteiger charge is 2.36. The molecule has 3 aromatic carbocycles. The number of amides is 1. The van der Waals surface area contributed by atoms with Crippen LogP contribution in [0.25, 0.3) is 22.7 Å². The smallest absolute Gasteiger partial charge is 0.283 e. The van der Waals surface area contributed by atoms with Gasteiger partial charge < -0.3 is 9.30 Å². The average molecular weight is 505 g/mol. The molecular weight excluding hydrogens is 480 g/mol. The van der Waals surface area contributed by atoms with Crippen LogP contribution in [-0.4, -0.2) is 33.0 Å². The number of thioether (sulfide) groups is 1. The highest BCUT2D eigenvalue weighted by Crippen LogP contribution is 2.37. The van der Waals surface area contributed by atoms with Crippen LogP contribution >= 0.6 is 11.8 Å².